The van der Waals surface area contributed by atoms with Crippen molar-refractivity contribution in [3.8, 4) is 0 Å². The first-order valence-corrected chi connectivity index (χ1v) is 7.09. The van der Waals surface area contributed by atoms with Crippen LogP contribution in [0.1, 0.15) is 38.0 Å². The quantitative estimate of drug-likeness (QED) is 0.533. The number of carbonyl (C=O) groups is 3. The lowest BCUT2D eigenvalue weighted by molar-refractivity contribution is 0.0526. The maximum atomic E-state index is 12.5. The molecule has 6 nitrogen and oxygen atoms in total. The van der Waals surface area contributed by atoms with Gasteiger partial charge in [-0.15, -0.1) is 0 Å². The minimum Gasteiger partial charge on any atom is -0.462 e. The zero-order valence-corrected chi connectivity index (χ0v) is 12.4. The molecule has 0 radical (unpaired) electrons. The Kier molecular flexibility index (Phi) is 3.57. The summed E-state index contributed by atoms with van der Waals surface area (Å²) in [5.74, 6) is -1.35. The zero-order chi connectivity index (χ0) is 16.6. The normalized spacial score (nSPS) is 13.2. The Morgan fingerprint density at radius 1 is 1.09 bits per heavy atom. The van der Waals surface area contributed by atoms with Crippen molar-refractivity contribution in [1.82, 2.24) is 0 Å². The van der Waals surface area contributed by atoms with Crippen LogP contribution in [0.2, 0.25) is 0 Å². The number of nitrogens with zero attached hydrogens (tertiary/aromatic N) is 1. The molecule has 1 aliphatic heterocycles. The maximum absolute atomic E-state index is 12.5. The molecule has 0 saturated carbocycles. The Hall–Kier alpha value is -3.15. The second-order valence-corrected chi connectivity index (χ2v) is 4.98. The van der Waals surface area contributed by atoms with E-state index < -0.39 is 17.8 Å². The van der Waals surface area contributed by atoms with Gasteiger partial charge in [0, 0.05) is 5.69 Å². The van der Waals surface area contributed by atoms with Crippen LogP contribution in [0, 0.1) is 0 Å². The number of imide groups is 1. The molecule has 1 aliphatic rings. The summed E-state index contributed by atoms with van der Waals surface area (Å²) in [6.45, 7) is 1.99. The zero-order valence-electron chi connectivity index (χ0n) is 12.4. The number of carbonyl (C=O) groups excluding carboxylic acids is 3. The summed E-state index contributed by atoms with van der Waals surface area (Å²) in [5.41, 5.74) is 7.30. The van der Waals surface area contributed by atoms with Gasteiger partial charge in [-0.05, 0) is 43.3 Å². The molecule has 6 heteroatoms. The molecule has 2 amide bonds. The van der Waals surface area contributed by atoms with E-state index in [9.17, 15) is 14.4 Å². The summed E-state index contributed by atoms with van der Waals surface area (Å²) in [4.78, 5) is 37.6. The molecule has 2 aromatic rings. The van der Waals surface area contributed by atoms with Crippen LogP contribution in [-0.2, 0) is 4.74 Å². The van der Waals surface area contributed by atoms with Gasteiger partial charge in [0.2, 0.25) is 0 Å². The summed E-state index contributed by atoms with van der Waals surface area (Å²) in [7, 11) is 0. The van der Waals surface area contributed by atoms with Gasteiger partial charge in [-0.2, -0.15) is 0 Å². The van der Waals surface area contributed by atoms with E-state index in [1.165, 1.54) is 24.3 Å². The van der Waals surface area contributed by atoms with Gasteiger partial charge < -0.3 is 10.5 Å². The topological polar surface area (TPSA) is 89.7 Å². The van der Waals surface area contributed by atoms with E-state index in [4.69, 9.17) is 10.5 Å². The van der Waals surface area contributed by atoms with Crippen molar-refractivity contribution in [2.45, 2.75) is 6.92 Å². The third-order valence-electron chi connectivity index (χ3n) is 3.58. The average molecular weight is 310 g/mol. The third-order valence-corrected chi connectivity index (χ3v) is 3.58. The van der Waals surface area contributed by atoms with Crippen LogP contribution in [0.25, 0.3) is 0 Å². The molecule has 0 aliphatic carbocycles. The number of anilines is 2. The number of hydrogen-bond donors (Lipinski definition) is 1. The van der Waals surface area contributed by atoms with Gasteiger partial charge in [0.25, 0.3) is 11.8 Å². The molecule has 2 N–H and O–H groups in total. The van der Waals surface area contributed by atoms with Crippen molar-refractivity contribution in [1.29, 1.82) is 0 Å². The molecule has 3 rings (SSSR count). The molecule has 0 spiro atoms. The fourth-order valence-corrected chi connectivity index (χ4v) is 2.51. The molecule has 0 unspecified atom stereocenters. The lowest BCUT2D eigenvalue weighted by Crippen LogP contribution is -2.29. The fraction of sp³-hybridized carbons (Fsp3) is 0.118. The van der Waals surface area contributed by atoms with E-state index in [-0.39, 0.29) is 23.4 Å². The number of rotatable bonds is 3. The van der Waals surface area contributed by atoms with Gasteiger partial charge in [-0.3, -0.25) is 9.59 Å². The van der Waals surface area contributed by atoms with Crippen molar-refractivity contribution in [3.05, 3.63) is 59.2 Å². The molecule has 0 fully saturated rings. The van der Waals surface area contributed by atoms with Crippen LogP contribution in [-0.4, -0.2) is 24.4 Å². The number of nitrogens with two attached hydrogens (primary N) is 1. The van der Waals surface area contributed by atoms with E-state index in [0.717, 1.165) is 4.90 Å². The highest BCUT2D eigenvalue weighted by molar-refractivity contribution is 6.35. The fourth-order valence-electron chi connectivity index (χ4n) is 2.51. The highest BCUT2D eigenvalue weighted by Crippen LogP contribution is 2.31. The highest BCUT2D eigenvalue weighted by Gasteiger charge is 2.38. The minimum atomic E-state index is -0.466. The number of amides is 2. The van der Waals surface area contributed by atoms with Crippen molar-refractivity contribution < 1.29 is 19.1 Å². The number of benzene rings is 2. The van der Waals surface area contributed by atoms with Gasteiger partial charge in [-0.25, -0.2) is 9.69 Å². The van der Waals surface area contributed by atoms with E-state index in [1.54, 1.807) is 25.1 Å². The monoisotopic (exact) mass is 310 g/mol. The summed E-state index contributed by atoms with van der Waals surface area (Å²) < 4.78 is 4.90. The van der Waals surface area contributed by atoms with Crippen molar-refractivity contribution in [2.75, 3.05) is 17.2 Å². The molecule has 116 valence electrons. The summed E-state index contributed by atoms with van der Waals surface area (Å²) in [5, 5.41) is 0. The Bertz CT molecular complexity index is 812. The molecule has 1 heterocycles. The van der Waals surface area contributed by atoms with Crippen LogP contribution >= 0.6 is 0 Å². The number of fused-ring (bicyclic) bond motifs is 1. The molecule has 0 bridgehead atoms. The number of nitrogen functional groups attached to an aromatic ring is 1. The van der Waals surface area contributed by atoms with Crippen LogP contribution in [0.3, 0.4) is 0 Å². The second kappa shape index (κ2) is 5.57. The predicted molar refractivity (Wildman–Crippen MR) is 84.4 cm³/mol. The van der Waals surface area contributed by atoms with Gasteiger partial charge in [-0.1, -0.05) is 6.07 Å². The lowest BCUT2D eigenvalue weighted by atomic mass is 10.1. The van der Waals surface area contributed by atoms with Crippen molar-refractivity contribution >= 4 is 29.2 Å². The molecule has 23 heavy (non-hydrogen) atoms. The van der Waals surface area contributed by atoms with Gasteiger partial charge >= 0.3 is 5.97 Å². The highest BCUT2D eigenvalue weighted by atomic mass is 16.5. The number of ether oxygens (including phenoxy) is 1. The first-order valence-electron chi connectivity index (χ1n) is 7.09. The first kappa shape index (κ1) is 14.8. The summed E-state index contributed by atoms with van der Waals surface area (Å²) in [6.07, 6.45) is 0. The molecule has 2 aromatic carbocycles. The smallest absolute Gasteiger partial charge is 0.338 e. The Balaban J connectivity index is 1.95. The maximum Gasteiger partial charge on any atom is 0.338 e. The largest absolute Gasteiger partial charge is 0.462 e. The molecule has 0 atom stereocenters. The summed E-state index contributed by atoms with van der Waals surface area (Å²) in [6, 6.07) is 10.9. The Morgan fingerprint density at radius 3 is 2.39 bits per heavy atom. The molecular formula is C17H14N2O4. The van der Waals surface area contributed by atoms with E-state index in [1.807, 2.05) is 0 Å². The van der Waals surface area contributed by atoms with Crippen LogP contribution in [0.5, 0.6) is 0 Å². The second-order valence-electron chi connectivity index (χ2n) is 4.98. The molecule has 0 saturated heterocycles. The molecule has 0 aromatic heterocycles. The minimum absolute atomic E-state index is 0.215. The Labute approximate surface area is 132 Å². The van der Waals surface area contributed by atoms with E-state index in [0.29, 0.717) is 11.3 Å². The summed E-state index contributed by atoms with van der Waals surface area (Å²) >= 11 is 0. The Morgan fingerprint density at radius 2 is 1.78 bits per heavy atom. The number of hydrogen-bond acceptors (Lipinski definition) is 5. The van der Waals surface area contributed by atoms with Crippen LogP contribution in [0.15, 0.2) is 42.5 Å². The third kappa shape index (κ3) is 2.34. The van der Waals surface area contributed by atoms with Gasteiger partial charge in [0.1, 0.15) is 0 Å². The number of esters is 1. The standard InChI is InChI=1S/C17H14N2O4/c1-2-23-17(22)10-6-8-11(9-7-10)19-15(20)12-4-3-5-13(18)14(12)16(19)21/h3-9H,2,18H2,1H3. The van der Waals surface area contributed by atoms with E-state index in [2.05, 4.69) is 0 Å². The average Bonchev–Trinajstić information content (AvgIpc) is 2.80. The predicted octanol–water partition coefficient (Wildman–Crippen LogP) is 2.25. The lowest BCUT2D eigenvalue weighted by Gasteiger charge is -2.14. The van der Waals surface area contributed by atoms with Crippen molar-refractivity contribution in [3.63, 3.8) is 0 Å². The van der Waals surface area contributed by atoms with Crippen LogP contribution in [0.4, 0.5) is 11.4 Å². The van der Waals surface area contributed by atoms with Crippen LogP contribution < -0.4 is 10.6 Å². The van der Waals surface area contributed by atoms with E-state index >= 15 is 0 Å². The van der Waals surface area contributed by atoms with Crippen molar-refractivity contribution in [2.24, 2.45) is 0 Å². The van der Waals surface area contributed by atoms with Gasteiger partial charge in [0.15, 0.2) is 0 Å². The molecular weight excluding hydrogens is 296 g/mol. The SMILES string of the molecule is CCOC(=O)c1ccc(N2C(=O)c3cccc(N)c3C2=O)cc1. The van der Waals surface area contributed by atoms with Gasteiger partial charge in [0.05, 0.1) is 29.0 Å². The first-order chi connectivity index (χ1) is 11.0.